The van der Waals surface area contributed by atoms with Crippen molar-refractivity contribution >= 4 is 10.0 Å². The Morgan fingerprint density at radius 2 is 1.31 bits per heavy atom. The summed E-state index contributed by atoms with van der Waals surface area (Å²) in [5.41, 5.74) is 6.01. The topological polar surface area (TPSA) is 73.2 Å². The van der Waals surface area contributed by atoms with Crippen LogP contribution in [-0.2, 0) is 10.0 Å². The average Bonchev–Trinajstić information content (AvgIpc) is 2.94. The van der Waals surface area contributed by atoms with Crippen molar-refractivity contribution in [3.8, 4) is 28.3 Å². The van der Waals surface area contributed by atoms with Gasteiger partial charge in [0.25, 0.3) is 0 Å². The Bertz CT molecular complexity index is 1530. The van der Waals surface area contributed by atoms with Crippen LogP contribution in [0.25, 0.3) is 22.3 Å². The lowest BCUT2D eigenvalue weighted by atomic mass is 9.75. The summed E-state index contributed by atoms with van der Waals surface area (Å²) in [6.45, 7) is 0.909. The number of sulfonamides is 1. The highest BCUT2D eigenvalue weighted by Crippen LogP contribution is 2.39. The van der Waals surface area contributed by atoms with Gasteiger partial charge in [-0.15, -0.1) is 0 Å². The van der Waals surface area contributed by atoms with Crippen molar-refractivity contribution in [1.82, 2.24) is 9.62 Å². The van der Waals surface area contributed by atoms with Crippen molar-refractivity contribution < 1.29 is 8.42 Å². The lowest BCUT2D eigenvalue weighted by Gasteiger charge is -2.54. The maximum absolute atomic E-state index is 13.4. The van der Waals surface area contributed by atoms with Gasteiger partial charge in [-0.05, 0) is 52.1 Å². The van der Waals surface area contributed by atoms with E-state index in [0.717, 1.165) is 22.3 Å². The molecule has 4 aromatic rings. The molecule has 3 atom stereocenters. The van der Waals surface area contributed by atoms with Crippen molar-refractivity contribution in [2.45, 2.75) is 22.9 Å². The van der Waals surface area contributed by atoms with Crippen LogP contribution >= 0.6 is 0 Å². The number of nitriles is 1. The molecule has 2 bridgehead atoms. The molecule has 0 saturated carbocycles. The van der Waals surface area contributed by atoms with Gasteiger partial charge in [0.15, 0.2) is 0 Å². The maximum Gasteiger partial charge on any atom is 0.243 e. The number of benzene rings is 4. The van der Waals surface area contributed by atoms with Gasteiger partial charge < -0.3 is 5.32 Å². The molecule has 0 radical (unpaired) electrons. The minimum Gasteiger partial charge on any atom is -0.307 e. The first kappa shape index (κ1) is 22.7. The Kier molecular flexibility index (Phi) is 5.69. The molecule has 3 aliphatic heterocycles. The Morgan fingerprint density at radius 1 is 0.722 bits per heavy atom. The van der Waals surface area contributed by atoms with E-state index in [9.17, 15) is 8.42 Å². The molecule has 0 aliphatic carbocycles. The van der Waals surface area contributed by atoms with E-state index in [2.05, 4.69) is 35.7 Å². The zero-order valence-electron chi connectivity index (χ0n) is 19.6. The van der Waals surface area contributed by atoms with Gasteiger partial charge >= 0.3 is 0 Å². The van der Waals surface area contributed by atoms with Crippen LogP contribution in [0, 0.1) is 11.3 Å². The molecule has 1 unspecified atom stereocenters. The number of nitrogens with one attached hydrogen (secondary N) is 1. The number of piperazine rings is 1. The number of nitrogens with zero attached hydrogens (tertiary/aromatic N) is 2. The third-order valence-corrected chi connectivity index (χ3v) is 9.16. The molecule has 3 aliphatic rings. The Hall–Kier alpha value is -3.76. The van der Waals surface area contributed by atoms with E-state index in [-0.39, 0.29) is 18.0 Å². The largest absolute Gasteiger partial charge is 0.307 e. The predicted octanol–water partition coefficient (Wildman–Crippen LogP) is 5.02. The fourth-order valence-corrected chi connectivity index (χ4v) is 6.91. The van der Waals surface area contributed by atoms with E-state index >= 15 is 0 Å². The van der Waals surface area contributed by atoms with Gasteiger partial charge in [-0.1, -0.05) is 78.9 Å². The molecular formula is C30H25N3O2S. The van der Waals surface area contributed by atoms with Crippen LogP contribution < -0.4 is 5.32 Å². The van der Waals surface area contributed by atoms with Crippen LogP contribution in [0.4, 0.5) is 0 Å². The van der Waals surface area contributed by atoms with Crippen molar-refractivity contribution in [2.75, 3.05) is 13.1 Å². The summed E-state index contributed by atoms with van der Waals surface area (Å²) in [7, 11) is -3.55. The normalized spacial score (nSPS) is 21.4. The van der Waals surface area contributed by atoms with Crippen LogP contribution in [-0.4, -0.2) is 37.9 Å². The molecule has 7 rings (SSSR count). The van der Waals surface area contributed by atoms with Gasteiger partial charge in [0.1, 0.15) is 0 Å². The quantitative estimate of drug-likeness (QED) is 0.425. The molecular weight excluding hydrogens is 466 g/mol. The summed E-state index contributed by atoms with van der Waals surface area (Å²) < 4.78 is 28.4. The Labute approximate surface area is 211 Å². The summed E-state index contributed by atoms with van der Waals surface area (Å²) in [4.78, 5) is 0.337. The van der Waals surface area contributed by atoms with Crippen molar-refractivity contribution in [3.63, 3.8) is 0 Å². The maximum atomic E-state index is 13.4. The minimum atomic E-state index is -3.55. The van der Waals surface area contributed by atoms with E-state index in [0.29, 0.717) is 23.5 Å². The molecule has 3 saturated heterocycles. The molecule has 3 heterocycles. The van der Waals surface area contributed by atoms with Crippen molar-refractivity contribution in [2.24, 2.45) is 0 Å². The van der Waals surface area contributed by atoms with E-state index < -0.39 is 10.0 Å². The second kappa shape index (κ2) is 9.03. The van der Waals surface area contributed by atoms with Crippen LogP contribution in [0.5, 0.6) is 0 Å². The lowest BCUT2D eigenvalue weighted by Crippen LogP contribution is -2.72. The second-order valence-corrected chi connectivity index (χ2v) is 11.4. The number of piperidine rings is 1. The van der Waals surface area contributed by atoms with Crippen molar-refractivity contribution in [1.29, 1.82) is 5.26 Å². The minimum absolute atomic E-state index is 0.0925. The molecule has 36 heavy (non-hydrogen) atoms. The van der Waals surface area contributed by atoms with Crippen LogP contribution in [0.1, 0.15) is 17.0 Å². The smallest absolute Gasteiger partial charge is 0.243 e. The molecule has 4 aromatic carbocycles. The predicted molar refractivity (Wildman–Crippen MR) is 141 cm³/mol. The first-order valence-electron chi connectivity index (χ1n) is 12.1. The molecule has 1 N–H and O–H groups in total. The summed E-state index contributed by atoms with van der Waals surface area (Å²) >= 11 is 0. The molecule has 0 aromatic heterocycles. The SMILES string of the molecule is N#Cc1cccc(-c2ccc(C3[C@@H]4CN(S(=O)(=O)c5ccc(-c6ccccc6)cc5)C[C@H]3N4)cc2)c1. The highest BCUT2D eigenvalue weighted by atomic mass is 32.2. The zero-order chi connectivity index (χ0) is 24.7. The molecule has 0 spiro atoms. The second-order valence-electron chi connectivity index (χ2n) is 9.43. The molecule has 6 heteroatoms. The number of fused-ring (bicyclic) bond motifs is 2. The highest BCUT2D eigenvalue weighted by Gasteiger charge is 2.49. The highest BCUT2D eigenvalue weighted by molar-refractivity contribution is 7.89. The summed E-state index contributed by atoms with van der Waals surface area (Å²) in [6, 6.07) is 35.5. The fraction of sp³-hybridized carbons (Fsp3) is 0.167. The third kappa shape index (κ3) is 4.02. The summed E-state index contributed by atoms with van der Waals surface area (Å²) in [6.07, 6.45) is 0. The van der Waals surface area contributed by atoms with Crippen LogP contribution in [0.3, 0.4) is 0 Å². The molecule has 3 fully saturated rings. The lowest BCUT2D eigenvalue weighted by molar-refractivity contribution is 0.102. The number of hydrogen-bond donors (Lipinski definition) is 1. The van der Waals surface area contributed by atoms with E-state index in [1.807, 2.05) is 60.7 Å². The first-order chi connectivity index (χ1) is 17.5. The molecule has 5 nitrogen and oxygen atoms in total. The van der Waals surface area contributed by atoms with Gasteiger partial charge in [-0.2, -0.15) is 9.57 Å². The number of rotatable bonds is 5. The van der Waals surface area contributed by atoms with E-state index in [4.69, 9.17) is 5.26 Å². The monoisotopic (exact) mass is 491 g/mol. The van der Waals surface area contributed by atoms with Gasteiger partial charge in [-0.25, -0.2) is 8.42 Å². The van der Waals surface area contributed by atoms with Crippen LogP contribution in [0.2, 0.25) is 0 Å². The van der Waals surface area contributed by atoms with Gasteiger partial charge in [0.05, 0.1) is 16.5 Å². The molecule has 178 valence electrons. The standard InChI is InChI=1S/C30H25N3O2S/c31-18-21-5-4-8-26(17-21)24-9-11-25(12-10-24)30-28-19-33(20-29(30)32-28)36(34,35)27-15-13-23(14-16-27)22-6-2-1-3-7-22/h1-17,28-30,32H,19-20H2/t28-,29+,30?. The van der Waals surface area contributed by atoms with Crippen LogP contribution in [0.15, 0.2) is 108 Å². The van der Waals surface area contributed by atoms with Crippen molar-refractivity contribution in [3.05, 3.63) is 114 Å². The van der Waals surface area contributed by atoms with Gasteiger partial charge in [-0.3, -0.25) is 0 Å². The number of hydrogen-bond acceptors (Lipinski definition) is 4. The Balaban J connectivity index is 1.16. The fourth-order valence-electron chi connectivity index (χ4n) is 5.42. The van der Waals surface area contributed by atoms with Gasteiger partial charge in [0, 0.05) is 31.1 Å². The van der Waals surface area contributed by atoms with Gasteiger partial charge in [0.2, 0.25) is 10.0 Å². The zero-order valence-corrected chi connectivity index (χ0v) is 20.4. The first-order valence-corrected chi connectivity index (χ1v) is 13.5. The summed E-state index contributed by atoms with van der Waals surface area (Å²) in [5.74, 6) is 0.288. The average molecular weight is 492 g/mol. The third-order valence-electron chi connectivity index (χ3n) is 7.32. The molecule has 0 amide bonds. The van der Waals surface area contributed by atoms with E-state index in [1.165, 1.54) is 5.56 Å². The van der Waals surface area contributed by atoms with E-state index in [1.54, 1.807) is 22.5 Å². The Morgan fingerprint density at radius 3 is 1.97 bits per heavy atom. The summed E-state index contributed by atoms with van der Waals surface area (Å²) in [5, 5.41) is 12.7.